The van der Waals surface area contributed by atoms with Gasteiger partial charge in [-0.3, -0.25) is 9.59 Å². The molecule has 0 radical (unpaired) electrons. The van der Waals surface area contributed by atoms with Gasteiger partial charge in [-0.05, 0) is 117 Å². The van der Waals surface area contributed by atoms with Gasteiger partial charge in [0, 0.05) is 73.8 Å². The molecule has 1 atom stereocenters. The van der Waals surface area contributed by atoms with E-state index in [9.17, 15) is 22.9 Å². The zero-order chi connectivity index (χ0) is 44.6. The molecule has 4 aliphatic rings. The standard InChI is InChI=1S/C47H52ClN7O8S/c1-30-23-34(48)5-8-38(30)43-47(16-3-4-17-47)46(57)54(43)29-32-12-19-53(20-13-32)35-6-9-39(42(25-35)63-36-24-33-11-18-49-44(33)51-28-36)45(56)52-64(59,60)37-7-10-40(41(26-37)55(58)61-2)50-27-31-14-21-62-22-15-31/h5-11,18,23-26,28,31-32,43H,3-4,12-17,19-22,27,29H2,1-2H3,(H2-,49,50,51,52,56,58)/p+1. The maximum atomic E-state index is 14.0. The van der Waals surface area contributed by atoms with Crippen LogP contribution in [0.1, 0.15) is 78.9 Å². The Bertz CT molecular complexity index is 2690. The van der Waals surface area contributed by atoms with Crippen molar-refractivity contribution in [1.82, 2.24) is 19.6 Å². The van der Waals surface area contributed by atoms with Crippen LogP contribution >= 0.6 is 11.6 Å². The van der Waals surface area contributed by atoms with E-state index >= 15 is 0 Å². The van der Waals surface area contributed by atoms with Gasteiger partial charge in [0.15, 0.2) is 7.11 Å². The zero-order valence-electron chi connectivity index (χ0n) is 36.0. The number of H-pyrrole nitrogens is 1. The Kier molecular flexibility index (Phi) is 12.3. The molecule has 64 heavy (non-hydrogen) atoms. The van der Waals surface area contributed by atoms with Gasteiger partial charge >= 0.3 is 5.69 Å². The van der Waals surface area contributed by atoms with Crippen LogP contribution in [0.4, 0.5) is 17.1 Å². The second-order valence-corrected chi connectivity index (χ2v) is 19.6. The molecule has 1 aliphatic carbocycles. The van der Waals surface area contributed by atoms with Crippen LogP contribution in [0.3, 0.4) is 0 Å². The first kappa shape index (κ1) is 43.5. The van der Waals surface area contributed by atoms with Crippen LogP contribution in [-0.2, 0) is 24.4 Å². The topological polar surface area (TPSA) is 175 Å². The Hall–Kier alpha value is -5.71. The maximum absolute atomic E-state index is 14.0. The minimum absolute atomic E-state index is 0.0191. The molecule has 336 valence electrons. The number of rotatable bonds is 14. The Labute approximate surface area is 377 Å². The Morgan fingerprint density at radius 1 is 1.00 bits per heavy atom. The van der Waals surface area contributed by atoms with Crippen molar-refractivity contribution < 1.29 is 37.2 Å². The lowest BCUT2D eigenvalue weighted by Gasteiger charge is -2.56. The van der Waals surface area contributed by atoms with Crippen molar-refractivity contribution >= 4 is 61.5 Å². The largest absolute Gasteiger partial charge is 0.455 e. The van der Waals surface area contributed by atoms with E-state index in [0.29, 0.717) is 73.3 Å². The Morgan fingerprint density at radius 2 is 1.78 bits per heavy atom. The van der Waals surface area contributed by atoms with E-state index in [-0.39, 0.29) is 44.2 Å². The first-order chi connectivity index (χ1) is 30.9. The number of hydrogen-bond acceptors (Lipinski definition) is 11. The van der Waals surface area contributed by atoms with E-state index in [1.807, 2.05) is 18.2 Å². The predicted octanol–water partition coefficient (Wildman–Crippen LogP) is 8.61. The maximum Gasteiger partial charge on any atom is 0.340 e. The predicted molar refractivity (Wildman–Crippen MR) is 243 cm³/mol. The lowest BCUT2D eigenvalue weighted by atomic mass is 9.65. The molecular weight excluding hydrogens is 858 g/mol. The number of β-lactam (4-membered cyclic amide) rings is 1. The van der Waals surface area contributed by atoms with Crippen LogP contribution in [-0.4, -0.2) is 86.5 Å². The summed E-state index contributed by atoms with van der Waals surface area (Å²) >= 11 is 6.35. The van der Waals surface area contributed by atoms with Crippen molar-refractivity contribution in [2.45, 2.75) is 69.2 Å². The van der Waals surface area contributed by atoms with Gasteiger partial charge in [0.05, 0.1) is 33.0 Å². The highest BCUT2D eigenvalue weighted by molar-refractivity contribution is 7.90. The SMILES string of the molecule is CO[N+](=O)c1cc(S(=O)(=O)NC(=O)c2ccc(N3CCC(CN4C(=O)C5(CCCC5)C4c4ccc(Cl)cc4C)CC3)cc2Oc2cnc3[nH]ccc3c2)ccc1NCC1CCOCC1. The summed E-state index contributed by atoms with van der Waals surface area (Å²) < 4.78 is 41.7. The van der Waals surface area contributed by atoms with Crippen LogP contribution < -0.4 is 19.7 Å². The summed E-state index contributed by atoms with van der Waals surface area (Å²) in [4.78, 5) is 57.4. The molecule has 1 spiro atoms. The van der Waals surface area contributed by atoms with Crippen LogP contribution in [0.2, 0.25) is 5.02 Å². The highest BCUT2D eigenvalue weighted by atomic mass is 35.5. The molecule has 2 aromatic heterocycles. The molecule has 3 aliphatic heterocycles. The van der Waals surface area contributed by atoms with Crippen LogP contribution in [0.25, 0.3) is 11.0 Å². The van der Waals surface area contributed by atoms with Crippen molar-refractivity contribution in [3.8, 4) is 11.5 Å². The monoisotopic (exact) mass is 910 g/mol. The average Bonchev–Trinajstić information content (AvgIpc) is 4.01. The number of fused-ring (bicyclic) bond motifs is 1. The van der Waals surface area contributed by atoms with Crippen molar-refractivity contribution in [2.75, 3.05) is 56.7 Å². The third kappa shape index (κ3) is 8.62. The quantitative estimate of drug-likeness (QED) is 0.0719. The Morgan fingerprint density at radius 3 is 2.53 bits per heavy atom. The molecule has 5 aromatic rings. The summed E-state index contributed by atoms with van der Waals surface area (Å²) in [5.41, 5.74) is 3.76. The fourth-order valence-electron chi connectivity index (χ4n) is 10.1. The second-order valence-electron chi connectivity index (χ2n) is 17.5. The number of hydrogen-bond donors (Lipinski definition) is 3. The number of nitrogens with one attached hydrogen (secondary N) is 3. The van der Waals surface area contributed by atoms with Crippen LogP contribution in [0, 0.1) is 29.1 Å². The van der Waals surface area contributed by atoms with E-state index < -0.39 is 15.9 Å². The number of benzene rings is 3. The van der Waals surface area contributed by atoms with Crippen LogP contribution in [0.15, 0.2) is 84.0 Å². The van der Waals surface area contributed by atoms with E-state index in [4.69, 9.17) is 25.9 Å². The van der Waals surface area contributed by atoms with Gasteiger partial charge < -0.3 is 29.6 Å². The van der Waals surface area contributed by atoms with Gasteiger partial charge in [0.1, 0.15) is 22.8 Å². The van der Waals surface area contributed by atoms with Gasteiger partial charge in [-0.1, -0.05) is 30.5 Å². The lowest BCUT2D eigenvalue weighted by Crippen LogP contribution is -2.63. The third-order valence-electron chi connectivity index (χ3n) is 13.6. The number of halogens is 1. The summed E-state index contributed by atoms with van der Waals surface area (Å²) in [7, 11) is -3.31. The number of ether oxygens (including phenoxy) is 2. The van der Waals surface area contributed by atoms with Crippen molar-refractivity contribution in [2.24, 2.45) is 17.3 Å². The van der Waals surface area contributed by atoms with Crippen molar-refractivity contribution in [3.63, 3.8) is 0 Å². The molecule has 5 heterocycles. The fraction of sp³-hybridized carbons (Fsp3) is 0.426. The molecule has 3 N–H and O–H groups in total. The molecule has 4 fully saturated rings. The lowest BCUT2D eigenvalue weighted by molar-refractivity contribution is -0.736. The molecule has 3 aromatic carbocycles. The number of piperidine rings is 1. The summed E-state index contributed by atoms with van der Waals surface area (Å²) in [6.45, 7) is 6.06. The Balaban J connectivity index is 0.925. The first-order valence-corrected chi connectivity index (χ1v) is 23.9. The highest BCUT2D eigenvalue weighted by Crippen LogP contribution is 2.60. The normalized spacial score (nSPS) is 19.2. The third-order valence-corrected chi connectivity index (χ3v) is 15.1. The molecule has 15 nitrogen and oxygen atoms in total. The van der Waals surface area contributed by atoms with Gasteiger partial charge in [-0.25, -0.2) is 23.0 Å². The minimum Gasteiger partial charge on any atom is -0.455 e. The fourth-order valence-corrected chi connectivity index (χ4v) is 11.3. The second kappa shape index (κ2) is 18.0. The van der Waals surface area contributed by atoms with Gasteiger partial charge in [-0.2, -0.15) is 0 Å². The number of aromatic amines is 1. The summed E-state index contributed by atoms with van der Waals surface area (Å²) in [6.07, 6.45) is 10.7. The number of amides is 2. The van der Waals surface area contributed by atoms with Gasteiger partial charge in [0.2, 0.25) is 5.91 Å². The number of carbonyl (C=O) groups is 2. The number of aryl methyl sites for hydroxylation is 1. The number of pyridine rings is 1. The molecular formula is C47H53ClN7O8S+. The minimum atomic E-state index is -4.50. The summed E-state index contributed by atoms with van der Waals surface area (Å²) in [5, 5.41) is 4.74. The highest BCUT2D eigenvalue weighted by Gasteiger charge is 2.62. The van der Waals surface area contributed by atoms with E-state index in [0.717, 1.165) is 68.0 Å². The van der Waals surface area contributed by atoms with Crippen LogP contribution in [0.5, 0.6) is 11.5 Å². The zero-order valence-corrected chi connectivity index (χ0v) is 37.6. The number of likely N-dealkylation sites (tertiary alicyclic amines) is 1. The smallest absolute Gasteiger partial charge is 0.340 e. The first-order valence-electron chi connectivity index (χ1n) is 22.0. The molecule has 3 saturated heterocycles. The number of anilines is 2. The number of nitrogens with zero attached hydrogens (tertiary/aromatic N) is 4. The number of carbonyl (C=O) groups excluding carboxylic acids is 2. The van der Waals surface area contributed by atoms with E-state index in [1.54, 1.807) is 30.5 Å². The van der Waals surface area contributed by atoms with Crippen molar-refractivity contribution in [1.29, 1.82) is 0 Å². The molecule has 1 saturated carbocycles. The molecule has 17 heteroatoms. The van der Waals surface area contributed by atoms with Crippen molar-refractivity contribution in [3.05, 3.63) is 106 Å². The van der Waals surface area contributed by atoms with E-state index in [1.165, 1.54) is 37.1 Å². The number of sulfonamides is 1. The average molecular weight is 912 g/mol. The molecule has 0 bridgehead atoms. The molecule has 2 amide bonds. The van der Waals surface area contributed by atoms with Gasteiger partial charge in [0.25, 0.3) is 20.9 Å². The molecule has 9 rings (SSSR count). The molecule has 1 unspecified atom stereocenters. The summed E-state index contributed by atoms with van der Waals surface area (Å²) in [6, 6.07) is 18.8. The van der Waals surface area contributed by atoms with Gasteiger partial charge in [-0.15, -0.1) is 0 Å². The number of aromatic nitrogens is 2. The summed E-state index contributed by atoms with van der Waals surface area (Å²) in [5.74, 6) is 0.468. The van der Waals surface area contributed by atoms with E-state index in [2.05, 4.69) is 42.8 Å².